The zero-order valence-corrected chi connectivity index (χ0v) is 20.5. The van der Waals surface area contributed by atoms with Crippen LogP contribution in [0.25, 0.3) is 0 Å². The number of hydrogen-bond donors (Lipinski definition) is 0. The van der Waals surface area contributed by atoms with Gasteiger partial charge in [0.05, 0.1) is 12.0 Å². The summed E-state index contributed by atoms with van der Waals surface area (Å²) in [5.41, 5.74) is -0.696. The van der Waals surface area contributed by atoms with Gasteiger partial charge in [-0.05, 0) is 46.5 Å². The normalized spacial score (nSPS) is 32.2. The molecule has 0 spiro atoms. The molecule has 2 rings (SSSR count). The number of alkyl halides is 1. The van der Waals surface area contributed by atoms with E-state index >= 15 is 0 Å². The first kappa shape index (κ1) is 25.0. The first-order chi connectivity index (χ1) is 13.9. The van der Waals surface area contributed by atoms with Gasteiger partial charge in [0.15, 0.2) is 6.61 Å². The van der Waals surface area contributed by atoms with Gasteiger partial charge in [-0.3, -0.25) is 9.59 Å². The molecule has 2 saturated carbocycles. The van der Waals surface area contributed by atoms with Crippen LogP contribution in [-0.2, 0) is 38.1 Å². The summed E-state index contributed by atoms with van der Waals surface area (Å²) < 4.78 is 21.0. The van der Waals surface area contributed by atoms with E-state index in [1.807, 2.05) is 29.5 Å². The number of carbonyl (C=O) groups is 4. The lowest BCUT2D eigenvalue weighted by atomic mass is 9.77. The van der Waals surface area contributed by atoms with Gasteiger partial charge < -0.3 is 23.7 Å². The van der Waals surface area contributed by atoms with E-state index in [4.69, 9.17) is 18.9 Å². The second-order valence-electron chi connectivity index (χ2n) is 9.12. The maximum atomic E-state index is 12.8. The molecule has 0 aliphatic heterocycles. The number of fused-ring (bicyclic) bond motifs is 2. The fraction of sp³-hybridized carbons (Fsp3) is 0.810. The van der Waals surface area contributed by atoms with Crippen molar-refractivity contribution in [3.8, 4) is 0 Å². The second-order valence-corrected chi connectivity index (χ2v) is 11.5. The summed E-state index contributed by atoms with van der Waals surface area (Å²) >= 11 is 1.98. The Hall–Kier alpha value is -1.23. The summed E-state index contributed by atoms with van der Waals surface area (Å²) in [6.45, 7) is 8.34. The summed E-state index contributed by atoms with van der Waals surface area (Å²) in [6.07, 6.45) is 0.637. The summed E-state index contributed by atoms with van der Waals surface area (Å²) in [5.74, 6) is -3.56. The highest BCUT2D eigenvalue weighted by Crippen LogP contribution is 2.54. The fourth-order valence-corrected chi connectivity index (χ4v) is 4.46. The highest BCUT2D eigenvalue weighted by Gasteiger charge is 2.63. The number of methoxy groups -OCH3 is 1. The summed E-state index contributed by atoms with van der Waals surface area (Å²) in [4.78, 5) is 49.0. The predicted molar refractivity (Wildman–Crippen MR) is 115 cm³/mol. The van der Waals surface area contributed by atoms with E-state index in [0.29, 0.717) is 12.8 Å². The number of aldehydes is 1. The van der Waals surface area contributed by atoms with Crippen LogP contribution in [0.15, 0.2) is 0 Å². The molecule has 0 aromatic heterocycles. The minimum atomic E-state index is -0.724. The Morgan fingerprint density at radius 3 is 2.23 bits per heavy atom. The summed E-state index contributed by atoms with van der Waals surface area (Å²) in [5, 5.41) is 0. The molecule has 30 heavy (non-hydrogen) atoms. The SMILES string of the molecule is CCC(C)(I)C(=O)OCC(=O)OC1C(OC)C2CC1[C@H](C(=O)OC(C)(C)C)C2C=O. The number of halogens is 1. The molecule has 0 saturated heterocycles. The zero-order valence-electron chi connectivity index (χ0n) is 18.3. The van der Waals surface area contributed by atoms with Crippen molar-refractivity contribution >= 4 is 46.8 Å². The van der Waals surface area contributed by atoms with Crippen molar-refractivity contribution in [3.05, 3.63) is 0 Å². The molecule has 2 bridgehead atoms. The fourth-order valence-electron chi connectivity index (χ4n) is 4.30. The standard InChI is InChI=1S/C21H31IO8/c1-7-21(5,22)19(26)28-10-14(24)29-17-12-8-11(16(17)27-6)13(9-23)15(12)18(25)30-20(2,3)4/h9,11-13,15-17H,7-8,10H2,1-6H3/t11?,12?,13?,15-,16?,17?,21?/m0/s1. The second kappa shape index (κ2) is 9.50. The molecule has 0 amide bonds. The highest BCUT2D eigenvalue weighted by atomic mass is 127. The maximum Gasteiger partial charge on any atom is 0.344 e. The Kier molecular flexibility index (Phi) is 7.93. The molecule has 0 aromatic rings. The van der Waals surface area contributed by atoms with E-state index in [1.165, 1.54) is 7.11 Å². The smallest absolute Gasteiger partial charge is 0.344 e. The van der Waals surface area contributed by atoms with Crippen molar-refractivity contribution in [2.45, 2.75) is 68.7 Å². The van der Waals surface area contributed by atoms with Gasteiger partial charge in [0, 0.05) is 18.9 Å². The summed E-state index contributed by atoms with van der Waals surface area (Å²) in [7, 11) is 1.49. The van der Waals surface area contributed by atoms with Crippen LogP contribution in [0.2, 0.25) is 0 Å². The number of carbonyl (C=O) groups excluding carboxylic acids is 4. The van der Waals surface area contributed by atoms with Crippen LogP contribution in [0, 0.1) is 23.7 Å². The maximum absolute atomic E-state index is 12.8. The monoisotopic (exact) mass is 538 g/mol. The Labute approximate surface area is 190 Å². The number of rotatable bonds is 8. The lowest BCUT2D eigenvalue weighted by Crippen LogP contribution is -2.49. The molecule has 2 fully saturated rings. The average molecular weight is 538 g/mol. The third-order valence-corrected chi connectivity index (χ3v) is 7.07. The van der Waals surface area contributed by atoms with Crippen LogP contribution in [0.5, 0.6) is 0 Å². The van der Waals surface area contributed by atoms with Crippen molar-refractivity contribution in [2.24, 2.45) is 23.7 Å². The Morgan fingerprint density at radius 1 is 1.10 bits per heavy atom. The predicted octanol–water partition coefficient (Wildman–Crippen LogP) is 2.48. The van der Waals surface area contributed by atoms with Gasteiger partial charge in [-0.2, -0.15) is 0 Å². The molecule has 2 aliphatic carbocycles. The van der Waals surface area contributed by atoms with Crippen LogP contribution in [0.3, 0.4) is 0 Å². The molecule has 2 aliphatic rings. The van der Waals surface area contributed by atoms with Gasteiger partial charge in [0.25, 0.3) is 0 Å². The molecular weight excluding hydrogens is 507 g/mol. The van der Waals surface area contributed by atoms with Gasteiger partial charge in [-0.25, -0.2) is 4.79 Å². The average Bonchev–Trinajstić information content (AvgIpc) is 3.19. The quantitative estimate of drug-likeness (QED) is 0.153. The molecule has 0 heterocycles. The number of hydrogen-bond acceptors (Lipinski definition) is 8. The van der Waals surface area contributed by atoms with Crippen LogP contribution < -0.4 is 0 Å². The Balaban J connectivity index is 2.10. The third kappa shape index (κ3) is 5.33. The first-order valence-electron chi connectivity index (χ1n) is 10.1. The van der Waals surface area contributed by atoms with E-state index in [9.17, 15) is 19.2 Å². The van der Waals surface area contributed by atoms with Crippen molar-refractivity contribution < 1.29 is 38.1 Å². The van der Waals surface area contributed by atoms with E-state index in [2.05, 4.69) is 0 Å². The van der Waals surface area contributed by atoms with E-state index < -0.39 is 63.5 Å². The van der Waals surface area contributed by atoms with Crippen LogP contribution in [0.1, 0.15) is 47.5 Å². The third-order valence-electron chi connectivity index (χ3n) is 5.87. The lowest BCUT2D eigenvalue weighted by Gasteiger charge is -2.37. The molecule has 9 heteroatoms. The highest BCUT2D eigenvalue weighted by molar-refractivity contribution is 14.1. The first-order valence-corrected chi connectivity index (χ1v) is 11.2. The van der Waals surface area contributed by atoms with Crippen LogP contribution >= 0.6 is 22.6 Å². The largest absolute Gasteiger partial charge is 0.460 e. The minimum absolute atomic E-state index is 0.243. The van der Waals surface area contributed by atoms with Crippen LogP contribution in [-0.4, -0.2) is 59.1 Å². The molecule has 0 aromatic carbocycles. The molecular formula is C21H31IO8. The lowest BCUT2D eigenvalue weighted by molar-refractivity contribution is -0.183. The number of ether oxygens (including phenoxy) is 4. The molecule has 8 nitrogen and oxygen atoms in total. The van der Waals surface area contributed by atoms with Gasteiger partial charge in [0.1, 0.15) is 21.4 Å². The van der Waals surface area contributed by atoms with Crippen LogP contribution in [0.4, 0.5) is 0 Å². The van der Waals surface area contributed by atoms with E-state index in [1.54, 1.807) is 27.7 Å². The Morgan fingerprint density at radius 2 is 1.73 bits per heavy atom. The molecule has 170 valence electrons. The molecule has 7 atom stereocenters. The van der Waals surface area contributed by atoms with Gasteiger partial charge in [-0.1, -0.05) is 29.5 Å². The van der Waals surface area contributed by atoms with Crippen molar-refractivity contribution in [1.82, 2.24) is 0 Å². The van der Waals surface area contributed by atoms with E-state index in [-0.39, 0.29) is 5.92 Å². The molecule has 6 unspecified atom stereocenters. The van der Waals surface area contributed by atoms with Gasteiger partial charge in [0.2, 0.25) is 0 Å². The topological polar surface area (TPSA) is 105 Å². The van der Waals surface area contributed by atoms with Crippen molar-refractivity contribution in [2.75, 3.05) is 13.7 Å². The number of esters is 3. The summed E-state index contributed by atoms with van der Waals surface area (Å²) in [6, 6.07) is 0. The minimum Gasteiger partial charge on any atom is -0.460 e. The Bertz CT molecular complexity index is 683. The van der Waals surface area contributed by atoms with Gasteiger partial charge >= 0.3 is 17.9 Å². The van der Waals surface area contributed by atoms with Crippen molar-refractivity contribution in [3.63, 3.8) is 0 Å². The molecule has 0 N–H and O–H groups in total. The zero-order chi connectivity index (χ0) is 22.9. The van der Waals surface area contributed by atoms with E-state index in [0.717, 1.165) is 6.29 Å². The van der Waals surface area contributed by atoms with Gasteiger partial charge in [-0.15, -0.1) is 0 Å². The van der Waals surface area contributed by atoms with Crippen molar-refractivity contribution in [1.29, 1.82) is 0 Å². The molecule has 0 radical (unpaired) electrons.